The molecule has 128 valence electrons. The van der Waals surface area contributed by atoms with Gasteiger partial charge in [-0.15, -0.1) is 0 Å². The highest BCUT2D eigenvalue weighted by Gasteiger charge is 2.39. The largest absolute Gasteiger partial charge is 0.508 e. The van der Waals surface area contributed by atoms with Gasteiger partial charge in [-0.3, -0.25) is 0 Å². The van der Waals surface area contributed by atoms with Crippen LogP contribution in [0.3, 0.4) is 0 Å². The molecule has 2 aromatic rings. The first kappa shape index (κ1) is 16.7. The average Bonchev–Trinajstić information content (AvgIpc) is 2.58. The van der Waals surface area contributed by atoms with Crippen molar-refractivity contribution >= 4 is 0 Å². The van der Waals surface area contributed by atoms with Gasteiger partial charge in [0.15, 0.2) is 11.5 Å². The minimum Gasteiger partial charge on any atom is -0.508 e. The van der Waals surface area contributed by atoms with Crippen LogP contribution in [0.4, 0.5) is 0 Å². The quantitative estimate of drug-likeness (QED) is 0.700. The van der Waals surface area contributed by atoms with Crippen molar-refractivity contribution in [1.82, 2.24) is 0 Å². The number of aromatic hydroxyl groups is 3. The Morgan fingerprint density at radius 1 is 0.833 bits per heavy atom. The van der Waals surface area contributed by atoms with E-state index < -0.39 is 0 Å². The van der Waals surface area contributed by atoms with Crippen LogP contribution in [0.1, 0.15) is 50.7 Å². The van der Waals surface area contributed by atoms with Crippen LogP contribution in [0.25, 0.3) is 0 Å². The van der Waals surface area contributed by atoms with Gasteiger partial charge in [0.25, 0.3) is 0 Å². The first-order valence-electron chi connectivity index (χ1n) is 8.74. The fourth-order valence-corrected chi connectivity index (χ4v) is 4.15. The summed E-state index contributed by atoms with van der Waals surface area (Å²) in [6.07, 6.45) is 4.29. The summed E-state index contributed by atoms with van der Waals surface area (Å²) in [7, 11) is 0. The molecule has 3 heteroatoms. The van der Waals surface area contributed by atoms with Crippen molar-refractivity contribution in [3.63, 3.8) is 0 Å². The zero-order valence-corrected chi connectivity index (χ0v) is 14.4. The van der Waals surface area contributed by atoms with Crippen LogP contribution in [0.2, 0.25) is 0 Å². The van der Waals surface area contributed by atoms with Crippen LogP contribution in [0, 0.1) is 11.8 Å². The molecule has 0 bridgehead atoms. The second-order valence-electron chi connectivity index (χ2n) is 7.41. The van der Waals surface area contributed by atoms with Gasteiger partial charge in [0.05, 0.1) is 0 Å². The van der Waals surface area contributed by atoms with Crippen molar-refractivity contribution < 1.29 is 15.3 Å². The molecule has 0 atom stereocenters. The summed E-state index contributed by atoms with van der Waals surface area (Å²) < 4.78 is 0. The Hall–Kier alpha value is -2.16. The van der Waals surface area contributed by atoms with E-state index in [2.05, 4.69) is 13.8 Å². The number of phenolic OH excluding ortho intramolecular Hbond substituents is 3. The first-order valence-corrected chi connectivity index (χ1v) is 8.74. The number of hydrogen-bond donors (Lipinski definition) is 3. The van der Waals surface area contributed by atoms with Gasteiger partial charge in [-0.1, -0.05) is 32.0 Å². The second-order valence-corrected chi connectivity index (χ2v) is 7.41. The van der Waals surface area contributed by atoms with Gasteiger partial charge in [0.2, 0.25) is 0 Å². The zero-order valence-electron chi connectivity index (χ0n) is 14.4. The molecule has 0 aliphatic heterocycles. The minimum absolute atomic E-state index is 0.0726. The van der Waals surface area contributed by atoms with E-state index >= 15 is 0 Å². The molecule has 0 unspecified atom stereocenters. The Labute approximate surface area is 143 Å². The predicted molar refractivity (Wildman–Crippen MR) is 95.5 cm³/mol. The molecule has 0 amide bonds. The number of benzene rings is 2. The van der Waals surface area contributed by atoms with Crippen molar-refractivity contribution in [2.75, 3.05) is 0 Å². The summed E-state index contributed by atoms with van der Waals surface area (Å²) in [6, 6.07) is 12.6. The van der Waals surface area contributed by atoms with Crippen LogP contribution in [-0.2, 0) is 5.41 Å². The van der Waals surface area contributed by atoms with E-state index in [1.807, 2.05) is 18.2 Å². The number of hydrogen-bond acceptors (Lipinski definition) is 3. The molecule has 24 heavy (non-hydrogen) atoms. The molecule has 0 heterocycles. The van der Waals surface area contributed by atoms with Crippen molar-refractivity contribution in [3.05, 3.63) is 53.6 Å². The van der Waals surface area contributed by atoms with Gasteiger partial charge >= 0.3 is 0 Å². The molecule has 2 aromatic carbocycles. The maximum absolute atomic E-state index is 9.99. The highest BCUT2D eigenvalue weighted by Crippen LogP contribution is 2.49. The molecule has 1 aliphatic rings. The van der Waals surface area contributed by atoms with Crippen LogP contribution in [0.5, 0.6) is 17.2 Å². The highest BCUT2D eigenvalue weighted by molar-refractivity contribution is 5.48. The van der Waals surface area contributed by atoms with Crippen LogP contribution in [-0.4, -0.2) is 15.3 Å². The third-order valence-corrected chi connectivity index (χ3v) is 5.77. The van der Waals surface area contributed by atoms with Crippen molar-refractivity contribution in [1.29, 1.82) is 0 Å². The standard InChI is InChI=1S/C21H26O3/c1-14(2)15-9-11-21(12-10-15,16-3-6-18(22)7-4-16)17-5-8-19(23)20(24)13-17/h3-8,13-15,22-24H,9-12H2,1-2H3. The fraction of sp³-hybridized carbons (Fsp3) is 0.429. The van der Waals surface area contributed by atoms with E-state index in [9.17, 15) is 15.3 Å². The molecule has 3 rings (SSSR count). The molecule has 1 saturated carbocycles. The lowest BCUT2D eigenvalue weighted by Crippen LogP contribution is -2.34. The maximum atomic E-state index is 9.99. The van der Waals surface area contributed by atoms with E-state index in [0.717, 1.165) is 42.7 Å². The summed E-state index contributed by atoms with van der Waals surface area (Å²) >= 11 is 0. The van der Waals surface area contributed by atoms with Gasteiger partial charge in [-0.25, -0.2) is 0 Å². The molecule has 1 aliphatic carbocycles. The fourth-order valence-electron chi connectivity index (χ4n) is 4.15. The molecule has 1 fully saturated rings. The zero-order chi connectivity index (χ0) is 17.3. The summed E-state index contributed by atoms with van der Waals surface area (Å²) in [5.74, 6) is 1.50. The van der Waals surface area contributed by atoms with Gasteiger partial charge in [0, 0.05) is 5.41 Å². The first-order chi connectivity index (χ1) is 11.4. The van der Waals surface area contributed by atoms with Crippen molar-refractivity contribution in [2.45, 2.75) is 44.9 Å². The van der Waals surface area contributed by atoms with Crippen LogP contribution >= 0.6 is 0 Å². The van der Waals surface area contributed by atoms with Gasteiger partial charge in [-0.05, 0) is 72.9 Å². The molecule has 0 saturated heterocycles. The Kier molecular flexibility index (Phi) is 4.44. The van der Waals surface area contributed by atoms with Gasteiger partial charge in [-0.2, -0.15) is 0 Å². The molecule has 0 aromatic heterocycles. The predicted octanol–water partition coefficient (Wildman–Crippen LogP) is 4.94. The smallest absolute Gasteiger partial charge is 0.157 e. The van der Waals surface area contributed by atoms with E-state index in [1.54, 1.807) is 24.3 Å². The summed E-state index contributed by atoms with van der Waals surface area (Å²) in [6.45, 7) is 4.56. The topological polar surface area (TPSA) is 60.7 Å². The third-order valence-electron chi connectivity index (χ3n) is 5.77. The molecule has 3 N–H and O–H groups in total. The number of phenols is 3. The Morgan fingerprint density at radius 2 is 1.42 bits per heavy atom. The van der Waals surface area contributed by atoms with Crippen LogP contribution < -0.4 is 0 Å². The van der Waals surface area contributed by atoms with E-state index in [1.165, 1.54) is 0 Å². The third kappa shape index (κ3) is 2.95. The minimum atomic E-state index is -0.176. The lowest BCUT2D eigenvalue weighted by atomic mass is 9.61. The highest BCUT2D eigenvalue weighted by atomic mass is 16.3. The van der Waals surface area contributed by atoms with Gasteiger partial charge in [0.1, 0.15) is 5.75 Å². The summed E-state index contributed by atoms with van der Waals surface area (Å²) in [5, 5.41) is 29.3. The van der Waals surface area contributed by atoms with E-state index in [4.69, 9.17) is 0 Å². The van der Waals surface area contributed by atoms with Crippen molar-refractivity contribution in [3.8, 4) is 17.2 Å². The van der Waals surface area contributed by atoms with E-state index in [-0.39, 0.29) is 22.7 Å². The van der Waals surface area contributed by atoms with Gasteiger partial charge < -0.3 is 15.3 Å². The number of rotatable bonds is 3. The normalized spacial score (nSPS) is 24.2. The molecular formula is C21H26O3. The second kappa shape index (κ2) is 6.39. The Bertz CT molecular complexity index is 696. The molecule has 3 nitrogen and oxygen atoms in total. The molecular weight excluding hydrogens is 300 g/mol. The van der Waals surface area contributed by atoms with Crippen molar-refractivity contribution in [2.24, 2.45) is 11.8 Å². The average molecular weight is 326 g/mol. The van der Waals surface area contributed by atoms with Crippen LogP contribution in [0.15, 0.2) is 42.5 Å². The lowest BCUT2D eigenvalue weighted by molar-refractivity contribution is 0.217. The summed E-state index contributed by atoms with van der Waals surface area (Å²) in [5.41, 5.74) is 2.02. The Balaban J connectivity index is 2.04. The molecule has 0 radical (unpaired) electrons. The monoisotopic (exact) mass is 326 g/mol. The Morgan fingerprint density at radius 3 is 1.96 bits per heavy atom. The maximum Gasteiger partial charge on any atom is 0.157 e. The lowest BCUT2D eigenvalue weighted by Gasteiger charge is -2.42. The van der Waals surface area contributed by atoms with E-state index in [0.29, 0.717) is 5.92 Å². The molecule has 0 spiro atoms. The SMILES string of the molecule is CC(C)C1CCC(c2ccc(O)cc2)(c2ccc(O)c(O)c2)CC1. The summed E-state index contributed by atoms with van der Waals surface area (Å²) in [4.78, 5) is 0.